The van der Waals surface area contributed by atoms with Gasteiger partial charge in [0.25, 0.3) is 0 Å². The van der Waals surface area contributed by atoms with Crippen molar-refractivity contribution in [2.45, 2.75) is 19.3 Å². The minimum absolute atomic E-state index is 0.824. The molecule has 1 aromatic heterocycles. The Kier molecular flexibility index (Phi) is 2.16. The molecule has 1 saturated heterocycles. The Balaban J connectivity index is 2.08. The fourth-order valence-corrected chi connectivity index (χ4v) is 1.49. The second-order valence-electron chi connectivity index (χ2n) is 2.99. The lowest BCUT2D eigenvalue weighted by molar-refractivity contribution is 0.567. The van der Waals surface area contributed by atoms with Gasteiger partial charge >= 0.3 is 0 Å². The van der Waals surface area contributed by atoms with E-state index in [1.165, 1.54) is 19.3 Å². The summed E-state index contributed by atoms with van der Waals surface area (Å²) in [6, 6.07) is 0. The van der Waals surface area contributed by atoms with Gasteiger partial charge in [-0.25, -0.2) is 15.0 Å². The molecule has 1 aliphatic heterocycles. The molecule has 0 spiro atoms. The largest absolute Gasteiger partial charge is 0.341 e. The predicted octanol–water partition coefficient (Wildman–Crippen LogP) is 0.862. The molecule has 2 rings (SSSR count). The monoisotopic (exact) mass is 164 g/mol. The zero-order valence-corrected chi connectivity index (χ0v) is 6.98. The zero-order valence-electron chi connectivity index (χ0n) is 6.98. The number of nitrogens with zero attached hydrogens (tertiary/aromatic N) is 4. The lowest BCUT2D eigenvalue weighted by atomic mass is 10.1. The van der Waals surface area contributed by atoms with E-state index < -0.39 is 0 Å². The molecule has 1 aliphatic rings. The molecule has 0 amide bonds. The van der Waals surface area contributed by atoms with Crippen LogP contribution >= 0.6 is 0 Å². The number of rotatable bonds is 1. The van der Waals surface area contributed by atoms with E-state index in [1.807, 2.05) is 0 Å². The van der Waals surface area contributed by atoms with Gasteiger partial charge < -0.3 is 4.90 Å². The van der Waals surface area contributed by atoms with Gasteiger partial charge in [-0.1, -0.05) is 0 Å². The molecule has 0 radical (unpaired) electrons. The molecule has 0 atom stereocenters. The Hall–Kier alpha value is -1.19. The van der Waals surface area contributed by atoms with E-state index in [4.69, 9.17) is 0 Å². The molecular weight excluding hydrogens is 152 g/mol. The van der Waals surface area contributed by atoms with Crippen LogP contribution in [0.15, 0.2) is 12.7 Å². The average Bonchev–Trinajstić information content (AvgIpc) is 2.21. The summed E-state index contributed by atoms with van der Waals surface area (Å²) in [4.78, 5) is 14.2. The van der Waals surface area contributed by atoms with Crippen LogP contribution in [0.5, 0.6) is 0 Å². The van der Waals surface area contributed by atoms with Crippen LogP contribution in [0.3, 0.4) is 0 Å². The molecule has 0 unspecified atom stereocenters. The highest BCUT2D eigenvalue weighted by molar-refractivity contribution is 5.27. The van der Waals surface area contributed by atoms with Crippen molar-refractivity contribution in [2.75, 3.05) is 18.0 Å². The first kappa shape index (κ1) is 7.46. The molecule has 4 heteroatoms. The van der Waals surface area contributed by atoms with Crippen molar-refractivity contribution in [1.29, 1.82) is 0 Å². The maximum absolute atomic E-state index is 4.11. The first-order valence-electron chi connectivity index (χ1n) is 4.34. The van der Waals surface area contributed by atoms with Crippen molar-refractivity contribution in [2.24, 2.45) is 0 Å². The summed E-state index contributed by atoms with van der Waals surface area (Å²) in [5.74, 6) is 0.824. The Morgan fingerprint density at radius 2 is 1.67 bits per heavy atom. The topological polar surface area (TPSA) is 41.9 Å². The summed E-state index contributed by atoms with van der Waals surface area (Å²) >= 11 is 0. The second-order valence-corrected chi connectivity index (χ2v) is 2.99. The number of piperidine rings is 1. The van der Waals surface area contributed by atoms with Gasteiger partial charge in [0, 0.05) is 13.1 Å². The molecule has 2 heterocycles. The molecule has 4 nitrogen and oxygen atoms in total. The Morgan fingerprint density at radius 3 is 2.33 bits per heavy atom. The predicted molar refractivity (Wildman–Crippen MR) is 45.9 cm³/mol. The van der Waals surface area contributed by atoms with Crippen LogP contribution in [0.2, 0.25) is 0 Å². The number of anilines is 1. The van der Waals surface area contributed by atoms with E-state index in [-0.39, 0.29) is 0 Å². The van der Waals surface area contributed by atoms with Crippen LogP contribution < -0.4 is 4.90 Å². The number of hydrogen-bond acceptors (Lipinski definition) is 4. The lowest BCUT2D eigenvalue weighted by Crippen LogP contribution is -2.30. The maximum Gasteiger partial charge on any atom is 0.228 e. The van der Waals surface area contributed by atoms with E-state index >= 15 is 0 Å². The summed E-state index contributed by atoms with van der Waals surface area (Å²) in [6.45, 7) is 2.17. The zero-order chi connectivity index (χ0) is 8.23. The van der Waals surface area contributed by atoms with E-state index in [9.17, 15) is 0 Å². The molecule has 0 saturated carbocycles. The highest BCUT2D eigenvalue weighted by Crippen LogP contribution is 2.13. The van der Waals surface area contributed by atoms with E-state index in [1.54, 1.807) is 12.7 Å². The van der Waals surface area contributed by atoms with Gasteiger partial charge in [0.2, 0.25) is 5.95 Å². The Morgan fingerprint density at radius 1 is 1.00 bits per heavy atom. The van der Waals surface area contributed by atoms with Crippen LogP contribution in [-0.2, 0) is 0 Å². The third-order valence-electron chi connectivity index (χ3n) is 2.12. The fraction of sp³-hybridized carbons (Fsp3) is 0.625. The highest BCUT2D eigenvalue weighted by Gasteiger charge is 2.11. The van der Waals surface area contributed by atoms with Crippen molar-refractivity contribution >= 4 is 5.95 Å². The van der Waals surface area contributed by atoms with Crippen LogP contribution in [0.25, 0.3) is 0 Å². The third kappa shape index (κ3) is 1.52. The quantitative estimate of drug-likeness (QED) is 0.617. The normalized spacial score (nSPS) is 17.8. The summed E-state index contributed by atoms with van der Waals surface area (Å²) in [6.07, 6.45) is 6.95. The smallest absolute Gasteiger partial charge is 0.228 e. The van der Waals surface area contributed by atoms with Crippen molar-refractivity contribution in [1.82, 2.24) is 15.0 Å². The molecule has 64 valence electrons. The molecular formula is C8H12N4. The van der Waals surface area contributed by atoms with Crippen molar-refractivity contribution in [3.63, 3.8) is 0 Å². The summed E-state index contributed by atoms with van der Waals surface area (Å²) < 4.78 is 0. The van der Waals surface area contributed by atoms with Crippen molar-refractivity contribution in [3.8, 4) is 0 Å². The highest BCUT2D eigenvalue weighted by atomic mass is 15.3. The molecule has 0 N–H and O–H groups in total. The van der Waals surface area contributed by atoms with Gasteiger partial charge in [-0.3, -0.25) is 0 Å². The van der Waals surface area contributed by atoms with Gasteiger partial charge in [-0.2, -0.15) is 0 Å². The Bertz CT molecular complexity index is 230. The summed E-state index contributed by atoms with van der Waals surface area (Å²) in [5.41, 5.74) is 0. The maximum atomic E-state index is 4.11. The van der Waals surface area contributed by atoms with Gasteiger partial charge in [-0.05, 0) is 19.3 Å². The standard InChI is InChI=1S/C8H12N4/c1-2-4-12(5-3-1)8-10-6-9-7-11-8/h6-7H,1-5H2. The van der Waals surface area contributed by atoms with Gasteiger partial charge in [0.15, 0.2) is 0 Å². The first-order chi connectivity index (χ1) is 5.97. The SMILES string of the molecule is c1ncnc(N2CCCCC2)n1. The second kappa shape index (κ2) is 3.47. The first-order valence-corrected chi connectivity index (χ1v) is 4.34. The molecule has 0 aromatic carbocycles. The number of aromatic nitrogens is 3. The van der Waals surface area contributed by atoms with Crippen LogP contribution in [0.4, 0.5) is 5.95 Å². The molecule has 0 aliphatic carbocycles. The Labute approximate surface area is 71.7 Å². The van der Waals surface area contributed by atoms with Gasteiger partial charge in [0.1, 0.15) is 12.7 Å². The fourth-order valence-electron chi connectivity index (χ4n) is 1.49. The third-order valence-corrected chi connectivity index (χ3v) is 2.12. The molecule has 1 aromatic rings. The average molecular weight is 164 g/mol. The lowest BCUT2D eigenvalue weighted by Gasteiger charge is -2.25. The molecule has 0 bridgehead atoms. The summed E-state index contributed by atoms with van der Waals surface area (Å²) in [7, 11) is 0. The van der Waals surface area contributed by atoms with Gasteiger partial charge in [0.05, 0.1) is 0 Å². The molecule has 12 heavy (non-hydrogen) atoms. The van der Waals surface area contributed by atoms with Crippen LogP contribution in [0, 0.1) is 0 Å². The van der Waals surface area contributed by atoms with Crippen LogP contribution in [-0.4, -0.2) is 28.0 Å². The van der Waals surface area contributed by atoms with Gasteiger partial charge in [-0.15, -0.1) is 0 Å². The van der Waals surface area contributed by atoms with E-state index in [0.717, 1.165) is 19.0 Å². The number of hydrogen-bond donors (Lipinski definition) is 0. The molecule has 1 fully saturated rings. The van der Waals surface area contributed by atoms with E-state index in [0.29, 0.717) is 0 Å². The summed E-state index contributed by atoms with van der Waals surface area (Å²) in [5, 5.41) is 0. The van der Waals surface area contributed by atoms with Crippen LogP contribution in [0.1, 0.15) is 19.3 Å². The van der Waals surface area contributed by atoms with Crippen molar-refractivity contribution in [3.05, 3.63) is 12.7 Å². The van der Waals surface area contributed by atoms with Crippen molar-refractivity contribution < 1.29 is 0 Å². The minimum Gasteiger partial charge on any atom is -0.341 e. The minimum atomic E-state index is 0.824. The van der Waals surface area contributed by atoms with E-state index in [2.05, 4.69) is 19.9 Å².